The molecule has 0 aromatic carbocycles. The summed E-state index contributed by atoms with van der Waals surface area (Å²) in [5.41, 5.74) is 8.37. The third kappa shape index (κ3) is 2.50. The molecule has 2 aromatic heterocycles. The van der Waals surface area contributed by atoms with Crippen LogP contribution in [-0.2, 0) is 23.2 Å². The average Bonchev–Trinajstić information content (AvgIpc) is 3.06. The average molecular weight is 330 g/mol. The number of hydrogen-bond donors (Lipinski definition) is 1. The summed E-state index contributed by atoms with van der Waals surface area (Å²) >= 11 is 1.85. The maximum Gasteiger partial charge on any atom is 0.221 e. The Labute approximate surface area is 140 Å². The number of fused-ring (bicyclic) bond motifs is 2. The molecule has 1 saturated heterocycles. The fourth-order valence-electron chi connectivity index (χ4n) is 3.74. The van der Waals surface area contributed by atoms with E-state index in [1.165, 1.54) is 10.4 Å². The maximum atomic E-state index is 6.28. The molecular weight excluding hydrogens is 308 g/mol. The number of aromatic nitrogens is 2. The van der Waals surface area contributed by atoms with Crippen LogP contribution in [0.25, 0.3) is 0 Å². The van der Waals surface area contributed by atoms with Gasteiger partial charge >= 0.3 is 0 Å². The van der Waals surface area contributed by atoms with E-state index in [1.54, 1.807) is 0 Å². The molecule has 2 aromatic rings. The summed E-state index contributed by atoms with van der Waals surface area (Å²) in [6.45, 7) is 4.86. The number of aryl methyl sites for hydroxylation is 1. The van der Waals surface area contributed by atoms with Gasteiger partial charge < -0.3 is 15.4 Å². The lowest BCUT2D eigenvalue weighted by Gasteiger charge is -2.44. The number of rotatable bonds is 2. The van der Waals surface area contributed by atoms with Crippen molar-refractivity contribution in [3.8, 4) is 0 Å². The van der Waals surface area contributed by atoms with Crippen LogP contribution < -0.4 is 10.6 Å². The van der Waals surface area contributed by atoms with E-state index in [-0.39, 0.29) is 5.60 Å². The third-order valence-electron chi connectivity index (χ3n) is 5.02. The second-order valence-corrected chi connectivity index (χ2v) is 7.20. The number of ether oxygens (including phenoxy) is 1. The van der Waals surface area contributed by atoms with Gasteiger partial charge in [0.15, 0.2) is 0 Å². The minimum Gasteiger partial charge on any atom is -0.369 e. The van der Waals surface area contributed by atoms with Gasteiger partial charge in [-0.25, -0.2) is 4.98 Å². The Morgan fingerprint density at radius 3 is 3.00 bits per heavy atom. The van der Waals surface area contributed by atoms with E-state index in [0.29, 0.717) is 5.95 Å². The fraction of sp³-hybridized carbons (Fsp3) is 0.529. The lowest BCUT2D eigenvalue weighted by Crippen LogP contribution is -2.46. The van der Waals surface area contributed by atoms with Crippen LogP contribution in [0.15, 0.2) is 17.6 Å². The molecule has 0 amide bonds. The van der Waals surface area contributed by atoms with Gasteiger partial charge in [0.25, 0.3) is 0 Å². The highest BCUT2D eigenvalue weighted by molar-refractivity contribution is 7.10. The summed E-state index contributed by atoms with van der Waals surface area (Å²) < 4.78 is 6.28. The molecule has 1 fully saturated rings. The highest BCUT2D eigenvalue weighted by atomic mass is 32.1. The van der Waals surface area contributed by atoms with Crippen LogP contribution in [-0.4, -0.2) is 29.7 Å². The maximum absolute atomic E-state index is 6.28. The van der Waals surface area contributed by atoms with Gasteiger partial charge in [-0.05, 0) is 42.7 Å². The van der Waals surface area contributed by atoms with Gasteiger partial charge in [-0.1, -0.05) is 6.92 Å². The van der Waals surface area contributed by atoms with Gasteiger partial charge in [-0.3, -0.25) is 0 Å². The number of thiophene rings is 1. The Kier molecular flexibility index (Phi) is 3.73. The van der Waals surface area contributed by atoms with Gasteiger partial charge in [0.05, 0.1) is 6.61 Å². The lowest BCUT2D eigenvalue weighted by atomic mass is 9.85. The predicted octanol–water partition coefficient (Wildman–Crippen LogP) is 2.75. The van der Waals surface area contributed by atoms with Crippen molar-refractivity contribution in [3.63, 3.8) is 0 Å². The van der Waals surface area contributed by atoms with E-state index in [9.17, 15) is 0 Å². The Morgan fingerprint density at radius 1 is 1.39 bits per heavy atom. The number of hydrogen-bond acceptors (Lipinski definition) is 6. The van der Waals surface area contributed by atoms with Crippen LogP contribution in [0.5, 0.6) is 0 Å². The van der Waals surface area contributed by atoms with Crippen molar-refractivity contribution in [2.24, 2.45) is 0 Å². The van der Waals surface area contributed by atoms with E-state index < -0.39 is 0 Å². The molecule has 0 bridgehead atoms. The predicted molar refractivity (Wildman–Crippen MR) is 92.9 cm³/mol. The smallest absolute Gasteiger partial charge is 0.221 e. The zero-order valence-electron chi connectivity index (χ0n) is 13.4. The van der Waals surface area contributed by atoms with Crippen LogP contribution >= 0.6 is 11.3 Å². The molecule has 0 aliphatic carbocycles. The minimum absolute atomic E-state index is 0.0802. The molecule has 0 saturated carbocycles. The number of nitrogen functional groups attached to an aromatic ring is 1. The molecule has 122 valence electrons. The van der Waals surface area contributed by atoms with Crippen molar-refractivity contribution in [1.82, 2.24) is 9.97 Å². The summed E-state index contributed by atoms with van der Waals surface area (Å²) in [6, 6.07) is 2.26. The Balaban J connectivity index is 1.58. The van der Waals surface area contributed by atoms with E-state index in [4.69, 9.17) is 10.5 Å². The standard InChI is InChI=1S/C17H22N4OS/c1-2-12-11-19-16(18)20-15(12)21-7-5-17(6-8-21)14-13(3-9-22-17)4-10-23-14/h4,10-11H,2-3,5-9H2,1H3,(H2,18,19,20). The minimum atomic E-state index is -0.0802. The van der Waals surface area contributed by atoms with Crippen molar-refractivity contribution in [2.75, 3.05) is 30.3 Å². The van der Waals surface area contributed by atoms with Gasteiger partial charge in [-0.2, -0.15) is 4.98 Å². The van der Waals surface area contributed by atoms with Crippen LogP contribution in [0, 0.1) is 0 Å². The van der Waals surface area contributed by atoms with Gasteiger partial charge in [0, 0.05) is 29.7 Å². The van der Waals surface area contributed by atoms with Crippen LogP contribution in [0.3, 0.4) is 0 Å². The second-order valence-electron chi connectivity index (χ2n) is 6.29. The molecule has 0 atom stereocenters. The second kappa shape index (κ2) is 5.76. The summed E-state index contributed by atoms with van der Waals surface area (Å²) in [5, 5.41) is 2.20. The number of nitrogens with two attached hydrogens (primary N) is 1. The lowest BCUT2D eigenvalue weighted by molar-refractivity contribution is -0.0735. The first kappa shape index (κ1) is 14.9. The molecule has 2 aliphatic rings. The quantitative estimate of drug-likeness (QED) is 0.917. The summed E-state index contributed by atoms with van der Waals surface area (Å²) in [5.74, 6) is 1.35. The largest absolute Gasteiger partial charge is 0.369 e. The molecule has 1 spiro atoms. The Bertz CT molecular complexity index is 706. The monoisotopic (exact) mass is 330 g/mol. The third-order valence-corrected chi connectivity index (χ3v) is 6.16. The normalized spacial score (nSPS) is 19.8. The van der Waals surface area contributed by atoms with Crippen LogP contribution in [0.1, 0.15) is 35.8 Å². The first-order chi connectivity index (χ1) is 11.2. The zero-order chi connectivity index (χ0) is 15.9. The topological polar surface area (TPSA) is 64.3 Å². The van der Waals surface area contributed by atoms with E-state index in [0.717, 1.165) is 56.8 Å². The van der Waals surface area contributed by atoms with Gasteiger partial charge in [0.1, 0.15) is 11.4 Å². The molecule has 5 nitrogen and oxygen atoms in total. The molecule has 6 heteroatoms. The van der Waals surface area contributed by atoms with Crippen molar-refractivity contribution in [3.05, 3.63) is 33.6 Å². The molecule has 4 heterocycles. The molecule has 0 unspecified atom stereocenters. The summed E-state index contributed by atoms with van der Waals surface area (Å²) in [7, 11) is 0. The van der Waals surface area contributed by atoms with Crippen molar-refractivity contribution >= 4 is 23.1 Å². The van der Waals surface area contributed by atoms with Crippen molar-refractivity contribution < 1.29 is 4.74 Å². The molecule has 23 heavy (non-hydrogen) atoms. The highest BCUT2D eigenvalue weighted by Crippen LogP contribution is 2.44. The van der Waals surface area contributed by atoms with E-state index >= 15 is 0 Å². The fourth-order valence-corrected chi connectivity index (χ4v) is 4.91. The number of piperidine rings is 1. The molecule has 2 N–H and O–H groups in total. The zero-order valence-corrected chi connectivity index (χ0v) is 14.2. The van der Waals surface area contributed by atoms with Crippen molar-refractivity contribution in [2.45, 2.75) is 38.2 Å². The van der Waals surface area contributed by atoms with Crippen LogP contribution in [0.2, 0.25) is 0 Å². The summed E-state index contributed by atoms with van der Waals surface area (Å²) in [4.78, 5) is 12.4. The Morgan fingerprint density at radius 2 is 2.22 bits per heavy atom. The first-order valence-electron chi connectivity index (χ1n) is 8.29. The molecule has 4 rings (SSSR count). The van der Waals surface area contributed by atoms with Gasteiger partial charge in [-0.15, -0.1) is 11.3 Å². The number of anilines is 2. The highest BCUT2D eigenvalue weighted by Gasteiger charge is 2.42. The summed E-state index contributed by atoms with van der Waals surface area (Å²) in [6.07, 6.45) is 5.84. The molecule has 0 radical (unpaired) electrons. The van der Waals surface area contributed by atoms with Crippen molar-refractivity contribution in [1.29, 1.82) is 0 Å². The van der Waals surface area contributed by atoms with E-state index in [2.05, 4.69) is 33.2 Å². The molecule has 2 aliphatic heterocycles. The first-order valence-corrected chi connectivity index (χ1v) is 9.17. The van der Waals surface area contributed by atoms with Gasteiger partial charge in [0.2, 0.25) is 5.95 Å². The Hall–Kier alpha value is -1.66. The van der Waals surface area contributed by atoms with E-state index in [1.807, 2.05) is 17.5 Å². The van der Waals surface area contributed by atoms with Crippen LogP contribution in [0.4, 0.5) is 11.8 Å². The SMILES string of the molecule is CCc1cnc(N)nc1N1CCC2(CC1)OCCc1ccsc12. The number of nitrogens with zero attached hydrogens (tertiary/aromatic N) is 3. The molecular formula is C17H22N4OS.